The Labute approximate surface area is 191 Å². The Bertz CT molecular complexity index is 1090. The number of Topliss-reactive ketones (excluding diaryl/α,β-unsaturated/α-hetero) is 1. The number of benzene rings is 1. The van der Waals surface area contributed by atoms with Gasteiger partial charge in [0.1, 0.15) is 21.3 Å². The number of ether oxygens (including phenoxy) is 1. The van der Waals surface area contributed by atoms with Crippen LogP contribution >= 0.6 is 11.3 Å². The van der Waals surface area contributed by atoms with E-state index < -0.39 is 33.6 Å². The highest BCUT2D eigenvalue weighted by molar-refractivity contribution is 7.89. The fourth-order valence-electron chi connectivity index (χ4n) is 2.67. The standard InChI is InChI=1S/C21H27FN2O6S2/c1-13(25)17-11-18(19(31-17)24(6)20(27)30-21(2,3)4)32(28,29)23(5)12-16(26)14-7-9-15(22)10-8-14/h7-11,16,26H,12H2,1-6H3. The summed E-state index contributed by atoms with van der Waals surface area (Å²) in [4.78, 5) is 25.4. The van der Waals surface area contributed by atoms with Crippen molar-refractivity contribution in [3.63, 3.8) is 0 Å². The van der Waals surface area contributed by atoms with Gasteiger partial charge in [-0.1, -0.05) is 12.1 Å². The van der Waals surface area contributed by atoms with Crippen molar-refractivity contribution in [2.75, 3.05) is 25.5 Å². The van der Waals surface area contributed by atoms with Gasteiger partial charge in [-0.3, -0.25) is 9.69 Å². The molecule has 0 spiro atoms. The first-order valence-corrected chi connectivity index (χ1v) is 11.9. The summed E-state index contributed by atoms with van der Waals surface area (Å²) in [5.74, 6) is -0.837. The van der Waals surface area contributed by atoms with Crippen molar-refractivity contribution in [2.24, 2.45) is 0 Å². The molecule has 1 aromatic heterocycles. The number of halogens is 1. The van der Waals surface area contributed by atoms with Crippen molar-refractivity contribution in [3.8, 4) is 0 Å². The fraction of sp³-hybridized carbons (Fsp3) is 0.429. The summed E-state index contributed by atoms with van der Waals surface area (Å²) in [5, 5.41) is 10.4. The summed E-state index contributed by atoms with van der Waals surface area (Å²) < 4.78 is 45.9. The van der Waals surface area contributed by atoms with E-state index >= 15 is 0 Å². The molecule has 1 amide bonds. The van der Waals surface area contributed by atoms with Gasteiger partial charge < -0.3 is 9.84 Å². The Balaban J connectivity index is 2.39. The van der Waals surface area contributed by atoms with Crippen LogP contribution in [0, 0.1) is 5.82 Å². The summed E-state index contributed by atoms with van der Waals surface area (Å²) in [6.45, 7) is 6.00. The molecule has 0 radical (unpaired) electrons. The number of aliphatic hydroxyl groups is 1. The SMILES string of the molecule is CC(=O)c1cc(S(=O)(=O)N(C)CC(O)c2ccc(F)cc2)c(N(C)C(=O)OC(C)(C)C)s1. The number of anilines is 1. The fourth-order valence-corrected chi connectivity index (χ4v) is 5.38. The van der Waals surface area contributed by atoms with Gasteiger partial charge in [-0.15, -0.1) is 11.3 Å². The molecule has 32 heavy (non-hydrogen) atoms. The lowest BCUT2D eigenvalue weighted by molar-refractivity contribution is 0.0589. The van der Waals surface area contributed by atoms with Crippen molar-refractivity contribution in [2.45, 2.75) is 44.3 Å². The van der Waals surface area contributed by atoms with E-state index in [0.717, 1.165) is 20.5 Å². The smallest absolute Gasteiger partial charge is 0.415 e. The molecule has 1 atom stereocenters. The number of aliphatic hydroxyl groups excluding tert-OH is 1. The number of carbonyl (C=O) groups is 2. The number of rotatable bonds is 7. The minimum Gasteiger partial charge on any atom is -0.443 e. The van der Waals surface area contributed by atoms with Gasteiger partial charge >= 0.3 is 6.09 Å². The number of nitrogens with zero attached hydrogens (tertiary/aromatic N) is 2. The van der Waals surface area contributed by atoms with E-state index in [0.29, 0.717) is 5.56 Å². The van der Waals surface area contributed by atoms with E-state index in [2.05, 4.69) is 0 Å². The van der Waals surface area contributed by atoms with Gasteiger partial charge in [-0.25, -0.2) is 17.6 Å². The van der Waals surface area contributed by atoms with Crippen molar-refractivity contribution in [3.05, 3.63) is 46.6 Å². The number of ketones is 1. The van der Waals surface area contributed by atoms with Crippen molar-refractivity contribution in [1.82, 2.24) is 4.31 Å². The Kier molecular flexibility index (Phi) is 7.82. The summed E-state index contributed by atoms with van der Waals surface area (Å²) >= 11 is 0.857. The van der Waals surface area contributed by atoms with E-state index in [1.54, 1.807) is 20.8 Å². The lowest BCUT2D eigenvalue weighted by atomic mass is 10.1. The largest absolute Gasteiger partial charge is 0.443 e. The highest BCUT2D eigenvalue weighted by Crippen LogP contribution is 2.37. The Morgan fingerprint density at radius 2 is 1.75 bits per heavy atom. The normalized spacial score (nSPS) is 13.2. The molecule has 8 nitrogen and oxygen atoms in total. The molecule has 1 aromatic carbocycles. The summed E-state index contributed by atoms with van der Waals surface area (Å²) in [7, 11) is -1.58. The molecule has 11 heteroatoms. The van der Waals surface area contributed by atoms with Gasteiger partial charge in [0, 0.05) is 20.6 Å². The predicted molar refractivity (Wildman–Crippen MR) is 120 cm³/mol. The molecular weight excluding hydrogens is 459 g/mol. The van der Waals surface area contributed by atoms with Gasteiger partial charge in [0.2, 0.25) is 10.0 Å². The first kappa shape index (κ1) is 25.9. The quantitative estimate of drug-likeness (QED) is 0.597. The Hall–Kier alpha value is -2.34. The monoisotopic (exact) mass is 486 g/mol. The molecule has 0 fully saturated rings. The molecule has 0 aliphatic rings. The highest BCUT2D eigenvalue weighted by Gasteiger charge is 2.33. The van der Waals surface area contributed by atoms with Gasteiger partial charge in [-0.2, -0.15) is 4.31 Å². The first-order valence-electron chi connectivity index (χ1n) is 9.65. The number of hydrogen-bond acceptors (Lipinski definition) is 7. The van der Waals surface area contributed by atoms with Crippen LogP contribution in [0.5, 0.6) is 0 Å². The molecule has 0 aliphatic heterocycles. The maximum atomic E-state index is 13.3. The predicted octanol–water partition coefficient (Wildman–Crippen LogP) is 3.82. The number of carbonyl (C=O) groups excluding carboxylic acids is 2. The molecule has 0 saturated heterocycles. The van der Waals surface area contributed by atoms with E-state index in [4.69, 9.17) is 4.74 Å². The maximum Gasteiger partial charge on any atom is 0.415 e. The van der Waals surface area contributed by atoms with Crippen LogP contribution < -0.4 is 4.90 Å². The zero-order valence-electron chi connectivity index (χ0n) is 18.7. The second kappa shape index (κ2) is 9.65. The average Bonchev–Trinajstić information content (AvgIpc) is 3.13. The topological polar surface area (TPSA) is 104 Å². The van der Waals surface area contributed by atoms with Gasteiger partial charge in [0.15, 0.2) is 5.78 Å². The van der Waals surface area contributed by atoms with Crippen LogP contribution in [0.4, 0.5) is 14.2 Å². The van der Waals surface area contributed by atoms with Gasteiger partial charge in [0.25, 0.3) is 0 Å². The van der Waals surface area contributed by atoms with Crippen LogP contribution in [0.15, 0.2) is 35.2 Å². The molecule has 1 unspecified atom stereocenters. The summed E-state index contributed by atoms with van der Waals surface area (Å²) in [6.07, 6.45) is -1.99. The second-order valence-corrected chi connectivity index (χ2v) is 11.3. The van der Waals surface area contributed by atoms with Crippen LogP contribution in [-0.4, -0.2) is 55.9 Å². The molecule has 0 saturated carbocycles. The van der Waals surface area contributed by atoms with E-state index in [1.807, 2.05) is 0 Å². The lowest BCUT2D eigenvalue weighted by Crippen LogP contribution is -2.36. The Morgan fingerprint density at radius 3 is 2.25 bits per heavy atom. The lowest BCUT2D eigenvalue weighted by Gasteiger charge is -2.25. The third-order valence-corrected chi connectivity index (χ3v) is 7.65. The van der Waals surface area contributed by atoms with Gasteiger partial charge in [0.05, 0.1) is 11.0 Å². The molecule has 176 valence electrons. The minimum atomic E-state index is -4.21. The molecular formula is C21H27FN2O6S2. The molecule has 0 aliphatic carbocycles. The van der Waals surface area contributed by atoms with E-state index in [1.165, 1.54) is 51.4 Å². The van der Waals surface area contributed by atoms with Crippen LogP contribution in [0.25, 0.3) is 0 Å². The number of hydrogen-bond donors (Lipinski definition) is 1. The van der Waals surface area contributed by atoms with Crippen LogP contribution in [-0.2, 0) is 14.8 Å². The summed E-state index contributed by atoms with van der Waals surface area (Å²) in [6, 6.07) is 6.26. The Morgan fingerprint density at radius 1 is 1.19 bits per heavy atom. The van der Waals surface area contributed by atoms with Crippen LogP contribution in [0.3, 0.4) is 0 Å². The third-order valence-electron chi connectivity index (χ3n) is 4.37. The molecule has 2 rings (SSSR count). The van der Waals surface area contributed by atoms with Crippen LogP contribution in [0.1, 0.15) is 49.0 Å². The van der Waals surface area contributed by atoms with Crippen molar-refractivity contribution < 1.29 is 32.2 Å². The number of thiophene rings is 1. The average molecular weight is 487 g/mol. The molecule has 0 bridgehead atoms. The van der Waals surface area contributed by atoms with Crippen molar-refractivity contribution >= 4 is 38.2 Å². The highest BCUT2D eigenvalue weighted by atomic mass is 32.2. The number of likely N-dealkylation sites (N-methyl/N-ethyl adjacent to an activating group) is 1. The van der Waals surface area contributed by atoms with E-state index in [9.17, 15) is 27.5 Å². The van der Waals surface area contributed by atoms with Gasteiger partial charge in [-0.05, 0) is 51.5 Å². The number of amides is 1. The first-order chi connectivity index (χ1) is 14.6. The van der Waals surface area contributed by atoms with Crippen molar-refractivity contribution in [1.29, 1.82) is 0 Å². The number of sulfonamides is 1. The third kappa shape index (κ3) is 6.12. The summed E-state index contributed by atoms with van der Waals surface area (Å²) in [5.41, 5.74) is -0.463. The molecule has 2 aromatic rings. The molecule has 1 N–H and O–H groups in total. The molecule has 1 heterocycles. The zero-order valence-corrected chi connectivity index (χ0v) is 20.4. The minimum absolute atomic E-state index is 0.0209. The second-order valence-electron chi connectivity index (χ2n) is 8.23. The van der Waals surface area contributed by atoms with Crippen LogP contribution in [0.2, 0.25) is 0 Å². The zero-order chi connectivity index (χ0) is 24.4. The van der Waals surface area contributed by atoms with E-state index in [-0.39, 0.29) is 27.1 Å². The maximum absolute atomic E-state index is 13.3.